The Morgan fingerprint density at radius 2 is 1.95 bits per heavy atom. The second kappa shape index (κ2) is 6.08. The number of amides is 1. The van der Waals surface area contributed by atoms with E-state index in [9.17, 15) is 4.79 Å². The molecule has 1 unspecified atom stereocenters. The van der Waals surface area contributed by atoms with Crippen LogP contribution >= 0.6 is 15.9 Å². The number of aryl methyl sites for hydroxylation is 3. The van der Waals surface area contributed by atoms with Gasteiger partial charge in [0.1, 0.15) is 0 Å². The van der Waals surface area contributed by atoms with E-state index in [4.69, 9.17) is 0 Å². The monoisotopic (exact) mass is 323 g/mol. The van der Waals surface area contributed by atoms with Crippen LogP contribution in [-0.4, -0.2) is 29.2 Å². The Bertz CT molecular complexity index is 461. The van der Waals surface area contributed by atoms with Gasteiger partial charge in [0, 0.05) is 24.0 Å². The number of likely N-dealkylation sites (tertiary alicyclic amines) is 1. The zero-order chi connectivity index (χ0) is 14.0. The molecule has 0 saturated carbocycles. The first kappa shape index (κ1) is 14.6. The molecule has 0 N–H and O–H groups in total. The molecular formula is C16H22BrNO. The molecule has 0 bridgehead atoms. The summed E-state index contributed by atoms with van der Waals surface area (Å²) in [5, 5.41) is 1.03. The fraction of sp³-hybridized carbons (Fsp3) is 0.562. The maximum absolute atomic E-state index is 12.7. The summed E-state index contributed by atoms with van der Waals surface area (Å²) in [5.41, 5.74) is 4.34. The van der Waals surface area contributed by atoms with E-state index in [1.165, 1.54) is 5.56 Å². The van der Waals surface area contributed by atoms with Gasteiger partial charge in [0.15, 0.2) is 0 Å². The number of carbonyl (C=O) groups is 1. The van der Waals surface area contributed by atoms with Crippen LogP contribution in [0.15, 0.2) is 12.1 Å². The molecule has 1 atom stereocenters. The van der Waals surface area contributed by atoms with Gasteiger partial charge in [-0.25, -0.2) is 0 Å². The molecule has 19 heavy (non-hydrogen) atoms. The minimum Gasteiger partial charge on any atom is -0.338 e. The summed E-state index contributed by atoms with van der Waals surface area (Å²) in [6.07, 6.45) is 2.30. The molecular weight excluding hydrogens is 302 g/mol. The van der Waals surface area contributed by atoms with Crippen molar-refractivity contribution >= 4 is 21.8 Å². The lowest BCUT2D eigenvalue weighted by Gasteiger charge is -2.19. The van der Waals surface area contributed by atoms with Crippen molar-refractivity contribution in [3.63, 3.8) is 0 Å². The molecule has 1 saturated heterocycles. The van der Waals surface area contributed by atoms with Crippen LogP contribution in [0.4, 0.5) is 0 Å². The smallest absolute Gasteiger partial charge is 0.254 e. The van der Waals surface area contributed by atoms with Crippen molar-refractivity contribution in [1.82, 2.24) is 4.90 Å². The second-order valence-electron chi connectivity index (χ2n) is 5.66. The van der Waals surface area contributed by atoms with Gasteiger partial charge in [-0.05, 0) is 50.7 Å². The summed E-state index contributed by atoms with van der Waals surface area (Å²) < 4.78 is 0. The number of carbonyl (C=O) groups excluding carboxylic acids is 1. The molecule has 0 aromatic heterocycles. The normalized spacial score (nSPS) is 18.9. The lowest BCUT2D eigenvalue weighted by atomic mass is 9.99. The first-order valence-electron chi connectivity index (χ1n) is 6.96. The number of benzene rings is 1. The number of hydrogen-bond donors (Lipinski definition) is 0. The minimum atomic E-state index is 0.215. The average Bonchev–Trinajstić information content (AvgIpc) is 2.76. The number of hydrogen-bond acceptors (Lipinski definition) is 1. The minimum absolute atomic E-state index is 0.215. The van der Waals surface area contributed by atoms with E-state index in [1.54, 1.807) is 0 Å². The highest BCUT2D eigenvalue weighted by atomic mass is 79.9. The van der Waals surface area contributed by atoms with Crippen molar-refractivity contribution in [2.75, 3.05) is 18.4 Å². The third-order valence-electron chi connectivity index (χ3n) is 3.98. The third kappa shape index (κ3) is 3.19. The number of nitrogens with zero attached hydrogens (tertiary/aromatic N) is 1. The molecule has 2 nitrogen and oxygen atoms in total. The Kier molecular flexibility index (Phi) is 4.67. The molecule has 1 aliphatic heterocycles. The number of halogens is 1. The van der Waals surface area contributed by atoms with Crippen LogP contribution in [0.3, 0.4) is 0 Å². The fourth-order valence-electron chi connectivity index (χ4n) is 3.08. The summed E-state index contributed by atoms with van der Waals surface area (Å²) in [5.74, 6) is 0.876. The molecule has 1 aromatic rings. The highest BCUT2D eigenvalue weighted by Gasteiger charge is 2.27. The van der Waals surface area contributed by atoms with Crippen molar-refractivity contribution in [2.24, 2.45) is 5.92 Å². The fourth-order valence-corrected chi connectivity index (χ4v) is 3.73. The molecule has 0 aliphatic carbocycles. The number of alkyl halides is 1. The predicted molar refractivity (Wildman–Crippen MR) is 83.1 cm³/mol. The van der Waals surface area contributed by atoms with Crippen molar-refractivity contribution in [3.8, 4) is 0 Å². The zero-order valence-corrected chi connectivity index (χ0v) is 13.6. The first-order chi connectivity index (χ1) is 9.02. The second-order valence-corrected chi connectivity index (χ2v) is 6.45. The van der Waals surface area contributed by atoms with Crippen LogP contribution in [0.1, 0.15) is 39.9 Å². The molecule has 1 aromatic carbocycles. The van der Waals surface area contributed by atoms with Gasteiger partial charge in [0.25, 0.3) is 5.91 Å². The standard InChI is InChI=1S/C16H22BrNO/c1-11-8-12(2)15(13(3)9-11)16(19)18-7-5-14(10-18)4-6-17/h8-9,14H,4-7,10H2,1-3H3. The highest BCUT2D eigenvalue weighted by Crippen LogP contribution is 2.25. The Balaban J connectivity index is 2.17. The van der Waals surface area contributed by atoms with E-state index < -0.39 is 0 Å². The summed E-state index contributed by atoms with van der Waals surface area (Å²) >= 11 is 3.49. The highest BCUT2D eigenvalue weighted by molar-refractivity contribution is 9.09. The number of rotatable bonds is 3. The van der Waals surface area contributed by atoms with Crippen LogP contribution in [0.25, 0.3) is 0 Å². The lowest BCUT2D eigenvalue weighted by Crippen LogP contribution is -2.30. The van der Waals surface area contributed by atoms with Crippen molar-refractivity contribution in [2.45, 2.75) is 33.6 Å². The van der Waals surface area contributed by atoms with Crippen LogP contribution in [0.5, 0.6) is 0 Å². The Hall–Kier alpha value is -0.830. The van der Waals surface area contributed by atoms with Gasteiger partial charge in [-0.3, -0.25) is 4.79 Å². The quantitative estimate of drug-likeness (QED) is 0.773. The average molecular weight is 324 g/mol. The van der Waals surface area contributed by atoms with Crippen molar-refractivity contribution in [1.29, 1.82) is 0 Å². The summed E-state index contributed by atoms with van der Waals surface area (Å²) in [7, 11) is 0. The Morgan fingerprint density at radius 1 is 1.32 bits per heavy atom. The lowest BCUT2D eigenvalue weighted by molar-refractivity contribution is 0.0785. The molecule has 1 heterocycles. The van der Waals surface area contributed by atoms with Crippen molar-refractivity contribution < 1.29 is 4.79 Å². The summed E-state index contributed by atoms with van der Waals surface area (Å²) in [6.45, 7) is 7.98. The van der Waals surface area contributed by atoms with Gasteiger partial charge in [0.2, 0.25) is 0 Å². The summed E-state index contributed by atoms with van der Waals surface area (Å²) in [6, 6.07) is 4.21. The molecule has 2 rings (SSSR count). The van der Waals surface area contributed by atoms with Crippen LogP contribution in [0.2, 0.25) is 0 Å². The largest absolute Gasteiger partial charge is 0.338 e. The van der Waals surface area contributed by atoms with Gasteiger partial charge in [-0.1, -0.05) is 33.6 Å². The van der Waals surface area contributed by atoms with Crippen LogP contribution in [-0.2, 0) is 0 Å². The molecule has 3 heteroatoms. The Labute approximate surface area is 124 Å². The van der Waals surface area contributed by atoms with E-state index in [0.29, 0.717) is 5.92 Å². The van der Waals surface area contributed by atoms with Gasteiger partial charge in [0.05, 0.1) is 0 Å². The SMILES string of the molecule is Cc1cc(C)c(C(=O)N2CCC(CCBr)C2)c(C)c1. The van der Waals surface area contributed by atoms with E-state index in [-0.39, 0.29) is 5.91 Å². The molecule has 0 radical (unpaired) electrons. The maximum Gasteiger partial charge on any atom is 0.254 e. The van der Waals surface area contributed by atoms with Gasteiger partial charge < -0.3 is 4.90 Å². The van der Waals surface area contributed by atoms with E-state index in [1.807, 2.05) is 18.7 Å². The van der Waals surface area contributed by atoms with Gasteiger partial charge >= 0.3 is 0 Å². The summed E-state index contributed by atoms with van der Waals surface area (Å²) in [4.78, 5) is 14.7. The molecule has 0 spiro atoms. The van der Waals surface area contributed by atoms with E-state index in [2.05, 4.69) is 35.0 Å². The van der Waals surface area contributed by atoms with E-state index in [0.717, 1.165) is 48.0 Å². The Morgan fingerprint density at radius 3 is 2.53 bits per heavy atom. The van der Waals surface area contributed by atoms with Gasteiger partial charge in [-0.2, -0.15) is 0 Å². The van der Waals surface area contributed by atoms with Crippen molar-refractivity contribution in [3.05, 3.63) is 34.4 Å². The zero-order valence-electron chi connectivity index (χ0n) is 12.0. The third-order valence-corrected chi connectivity index (χ3v) is 4.44. The molecule has 1 fully saturated rings. The molecule has 1 amide bonds. The maximum atomic E-state index is 12.7. The predicted octanol–water partition coefficient (Wildman–Crippen LogP) is 3.86. The van der Waals surface area contributed by atoms with E-state index >= 15 is 0 Å². The topological polar surface area (TPSA) is 20.3 Å². The molecule has 104 valence electrons. The van der Waals surface area contributed by atoms with Crippen LogP contribution in [0, 0.1) is 26.7 Å². The molecule has 1 aliphatic rings. The van der Waals surface area contributed by atoms with Crippen LogP contribution < -0.4 is 0 Å². The van der Waals surface area contributed by atoms with Gasteiger partial charge in [-0.15, -0.1) is 0 Å². The first-order valence-corrected chi connectivity index (χ1v) is 8.08.